The first-order valence-electron chi connectivity index (χ1n) is 4.94. The van der Waals surface area contributed by atoms with E-state index >= 15 is 0 Å². The minimum absolute atomic E-state index is 0.00648. The van der Waals surface area contributed by atoms with Crippen LogP contribution in [0.5, 0.6) is 0 Å². The van der Waals surface area contributed by atoms with Crippen LogP contribution in [-0.2, 0) is 9.59 Å². The molecule has 3 N–H and O–H groups in total. The van der Waals surface area contributed by atoms with E-state index in [0.29, 0.717) is 13.1 Å². The Morgan fingerprint density at radius 3 is 1.62 bits per heavy atom. The lowest BCUT2D eigenvalue weighted by atomic mass is 10.3. The molecular weight excluding hydrogens is 204 g/mol. The molecule has 0 saturated carbocycles. The molecule has 0 aliphatic carbocycles. The van der Waals surface area contributed by atoms with E-state index in [1.807, 2.05) is 13.8 Å². The third kappa shape index (κ3) is 54.2. The zero-order valence-electron chi connectivity index (χ0n) is 10.8. The summed E-state index contributed by atoms with van der Waals surface area (Å²) in [7, 11) is 0. The predicted molar refractivity (Wildman–Crippen MR) is 69.1 cm³/mol. The Kier molecular flexibility index (Phi) is 20.1. The smallest absolute Gasteiger partial charge is 0.217 e. The molecule has 0 bridgehead atoms. The fourth-order valence-corrected chi connectivity index (χ4v) is 0.275. The summed E-state index contributed by atoms with van der Waals surface area (Å²) in [5.41, 5.74) is 7.08. The van der Waals surface area contributed by atoms with Crippen LogP contribution >= 0.6 is 0 Å². The second kappa shape index (κ2) is 16.0. The van der Waals surface area contributed by atoms with Crippen LogP contribution in [0.2, 0.25) is 0 Å². The Bertz CT molecular complexity index is 209. The van der Waals surface area contributed by atoms with Gasteiger partial charge >= 0.3 is 0 Å². The molecule has 0 rings (SSSR count). The first kappa shape index (κ1) is 20.1. The molecule has 0 aromatic rings. The van der Waals surface area contributed by atoms with Crippen LogP contribution in [0, 0.1) is 0 Å². The molecule has 0 fully saturated rings. The summed E-state index contributed by atoms with van der Waals surface area (Å²) in [6.07, 6.45) is 0.750. The van der Waals surface area contributed by atoms with Crippen molar-refractivity contribution < 1.29 is 9.59 Å². The van der Waals surface area contributed by atoms with Crippen molar-refractivity contribution in [3.8, 4) is 0 Å². The van der Waals surface area contributed by atoms with E-state index in [9.17, 15) is 4.79 Å². The second-order valence-electron chi connectivity index (χ2n) is 3.26. The van der Waals surface area contributed by atoms with Gasteiger partial charge in [-0.3, -0.25) is 4.79 Å². The van der Waals surface area contributed by atoms with Crippen LogP contribution in [0.25, 0.3) is 0 Å². The van der Waals surface area contributed by atoms with Crippen LogP contribution in [0.1, 0.15) is 27.7 Å². The van der Waals surface area contributed by atoms with E-state index in [2.05, 4.69) is 18.5 Å². The largest absolute Gasteiger partial charge is 0.353 e. The SMILES string of the molecule is C=C(C)CN.C=C(C)CNC(C)=O.CC=O. The van der Waals surface area contributed by atoms with Gasteiger partial charge in [0.15, 0.2) is 0 Å². The molecule has 0 aliphatic rings. The highest BCUT2D eigenvalue weighted by molar-refractivity contribution is 5.73. The molecule has 0 aliphatic heterocycles. The zero-order valence-corrected chi connectivity index (χ0v) is 10.8. The minimum Gasteiger partial charge on any atom is -0.353 e. The molecule has 0 spiro atoms. The molecule has 0 unspecified atom stereocenters. The first-order valence-corrected chi connectivity index (χ1v) is 4.94. The lowest BCUT2D eigenvalue weighted by molar-refractivity contribution is -0.118. The van der Waals surface area contributed by atoms with Gasteiger partial charge in [0, 0.05) is 20.0 Å². The first-order chi connectivity index (χ1) is 7.31. The summed E-state index contributed by atoms with van der Waals surface area (Å²) in [5, 5.41) is 2.61. The van der Waals surface area contributed by atoms with Crippen molar-refractivity contribution in [3.63, 3.8) is 0 Å². The maximum absolute atomic E-state index is 10.2. The topological polar surface area (TPSA) is 72.2 Å². The average Bonchev–Trinajstić information content (AvgIpc) is 2.17. The van der Waals surface area contributed by atoms with E-state index in [1.54, 1.807) is 0 Å². The molecule has 0 radical (unpaired) electrons. The highest BCUT2D eigenvalue weighted by atomic mass is 16.1. The van der Waals surface area contributed by atoms with Gasteiger partial charge in [0.05, 0.1) is 0 Å². The molecule has 0 aromatic carbocycles. The van der Waals surface area contributed by atoms with Gasteiger partial charge in [0.2, 0.25) is 5.91 Å². The highest BCUT2D eigenvalue weighted by Gasteiger charge is 1.86. The van der Waals surface area contributed by atoms with Gasteiger partial charge in [-0.1, -0.05) is 24.3 Å². The van der Waals surface area contributed by atoms with Gasteiger partial charge in [-0.15, -0.1) is 0 Å². The maximum atomic E-state index is 10.2. The number of carbonyl (C=O) groups is 2. The van der Waals surface area contributed by atoms with E-state index in [0.717, 1.165) is 17.4 Å². The number of rotatable bonds is 3. The third-order valence-corrected chi connectivity index (χ3v) is 0.988. The fourth-order valence-electron chi connectivity index (χ4n) is 0.275. The van der Waals surface area contributed by atoms with E-state index < -0.39 is 0 Å². The molecule has 94 valence electrons. The van der Waals surface area contributed by atoms with Crippen molar-refractivity contribution in [2.75, 3.05) is 13.1 Å². The number of hydrogen-bond acceptors (Lipinski definition) is 3. The summed E-state index contributed by atoms with van der Waals surface area (Å²) >= 11 is 0. The molecule has 16 heavy (non-hydrogen) atoms. The van der Waals surface area contributed by atoms with E-state index in [4.69, 9.17) is 10.5 Å². The second-order valence-corrected chi connectivity index (χ2v) is 3.26. The van der Waals surface area contributed by atoms with Gasteiger partial charge in [-0.25, -0.2) is 0 Å². The van der Waals surface area contributed by atoms with Crippen molar-refractivity contribution in [1.29, 1.82) is 0 Å². The summed E-state index contributed by atoms with van der Waals surface area (Å²) in [4.78, 5) is 19.0. The standard InChI is InChI=1S/C6H11NO.C4H9N.C2H4O/c1-5(2)4-7-6(3)8;1-4(2)3-5;1-2-3/h1,4H2,2-3H3,(H,7,8);1,3,5H2,2H3;2H,1H3. The fraction of sp³-hybridized carbons (Fsp3) is 0.500. The number of hydrogen-bond donors (Lipinski definition) is 2. The zero-order chi connectivity index (χ0) is 13.6. The Balaban J connectivity index is -0.000000181. The monoisotopic (exact) mass is 228 g/mol. The number of carbonyl (C=O) groups excluding carboxylic acids is 2. The Morgan fingerprint density at radius 1 is 1.25 bits per heavy atom. The van der Waals surface area contributed by atoms with Gasteiger partial charge in [-0.2, -0.15) is 0 Å². The Morgan fingerprint density at radius 2 is 1.56 bits per heavy atom. The quantitative estimate of drug-likeness (QED) is 0.567. The van der Waals surface area contributed by atoms with Crippen molar-refractivity contribution in [2.45, 2.75) is 27.7 Å². The number of amides is 1. The van der Waals surface area contributed by atoms with Gasteiger partial charge < -0.3 is 15.8 Å². The van der Waals surface area contributed by atoms with Crippen LogP contribution in [0.15, 0.2) is 24.3 Å². The van der Waals surface area contributed by atoms with Crippen LogP contribution in [0.3, 0.4) is 0 Å². The molecule has 4 heteroatoms. The Hall–Kier alpha value is -1.42. The summed E-state index contributed by atoms with van der Waals surface area (Å²) in [5.74, 6) is -0.00648. The summed E-state index contributed by atoms with van der Waals surface area (Å²) in [6, 6.07) is 0. The van der Waals surface area contributed by atoms with Gasteiger partial charge in [0.1, 0.15) is 6.29 Å². The van der Waals surface area contributed by atoms with E-state index in [1.165, 1.54) is 13.8 Å². The van der Waals surface area contributed by atoms with Gasteiger partial charge in [-0.05, 0) is 20.8 Å². The minimum atomic E-state index is -0.00648. The summed E-state index contributed by atoms with van der Waals surface area (Å²) < 4.78 is 0. The number of nitrogens with one attached hydrogen (secondary N) is 1. The lowest BCUT2D eigenvalue weighted by Gasteiger charge is -1.97. The van der Waals surface area contributed by atoms with Crippen molar-refractivity contribution in [1.82, 2.24) is 5.32 Å². The molecule has 1 amide bonds. The third-order valence-electron chi connectivity index (χ3n) is 0.988. The van der Waals surface area contributed by atoms with Crippen LogP contribution in [-0.4, -0.2) is 25.3 Å². The lowest BCUT2D eigenvalue weighted by Crippen LogP contribution is -2.21. The van der Waals surface area contributed by atoms with Crippen LogP contribution < -0.4 is 11.1 Å². The van der Waals surface area contributed by atoms with Crippen molar-refractivity contribution in [3.05, 3.63) is 24.3 Å². The van der Waals surface area contributed by atoms with Crippen molar-refractivity contribution in [2.24, 2.45) is 5.73 Å². The molecular formula is C12H24N2O2. The Labute approximate surface area is 98.6 Å². The van der Waals surface area contributed by atoms with Gasteiger partial charge in [0.25, 0.3) is 0 Å². The molecule has 0 heterocycles. The van der Waals surface area contributed by atoms with Crippen molar-refractivity contribution >= 4 is 12.2 Å². The summed E-state index contributed by atoms with van der Waals surface area (Å²) in [6.45, 7) is 15.1. The molecule has 0 saturated heterocycles. The van der Waals surface area contributed by atoms with Crippen LogP contribution in [0.4, 0.5) is 0 Å². The number of aldehydes is 1. The highest BCUT2D eigenvalue weighted by Crippen LogP contribution is 1.79. The normalized spacial score (nSPS) is 7.31. The molecule has 0 aromatic heterocycles. The maximum Gasteiger partial charge on any atom is 0.217 e. The number of nitrogens with two attached hydrogens (primary N) is 1. The molecule has 0 atom stereocenters. The molecule has 4 nitrogen and oxygen atoms in total. The van der Waals surface area contributed by atoms with E-state index in [-0.39, 0.29) is 5.91 Å². The predicted octanol–water partition coefficient (Wildman–Crippen LogP) is 1.42. The average molecular weight is 228 g/mol.